The van der Waals surface area contributed by atoms with Gasteiger partial charge in [0.15, 0.2) is 0 Å². The minimum atomic E-state index is -0.276. The number of anilines is 1. The van der Waals surface area contributed by atoms with Crippen LogP contribution in [0.4, 0.5) is 5.69 Å². The van der Waals surface area contributed by atoms with E-state index < -0.39 is 0 Å². The van der Waals surface area contributed by atoms with Crippen LogP contribution in [0.5, 0.6) is 11.5 Å². The SMILES string of the molecule is CNC(=O)c1cc(Oc2cc(NC(=O)CCC3CCNCC3)ccc2C)ccn1. The number of carbonyl (C=O) groups is 2. The van der Waals surface area contributed by atoms with Gasteiger partial charge in [-0.2, -0.15) is 0 Å². The van der Waals surface area contributed by atoms with E-state index in [2.05, 4.69) is 20.9 Å². The Hall–Kier alpha value is -2.93. The molecule has 7 nitrogen and oxygen atoms in total. The molecule has 2 amide bonds. The highest BCUT2D eigenvalue weighted by Crippen LogP contribution is 2.28. The number of amides is 2. The van der Waals surface area contributed by atoms with Crippen molar-refractivity contribution in [1.29, 1.82) is 0 Å². The van der Waals surface area contributed by atoms with E-state index in [1.807, 2.05) is 19.1 Å². The highest BCUT2D eigenvalue weighted by atomic mass is 16.5. The van der Waals surface area contributed by atoms with E-state index in [1.165, 1.54) is 6.20 Å². The summed E-state index contributed by atoms with van der Waals surface area (Å²) in [5.41, 5.74) is 1.91. The highest BCUT2D eigenvalue weighted by molar-refractivity contribution is 5.92. The van der Waals surface area contributed by atoms with Crippen molar-refractivity contribution >= 4 is 17.5 Å². The molecule has 0 radical (unpaired) electrons. The maximum absolute atomic E-state index is 12.3. The molecule has 2 heterocycles. The highest BCUT2D eigenvalue weighted by Gasteiger charge is 2.15. The molecule has 1 aromatic heterocycles. The molecule has 0 saturated carbocycles. The molecular formula is C22H28N4O3. The van der Waals surface area contributed by atoms with E-state index in [0.717, 1.165) is 37.9 Å². The average molecular weight is 396 g/mol. The Balaban J connectivity index is 1.62. The fraction of sp³-hybridized carbons (Fsp3) is 0.409. The van der Waals surface area contributed by atoms with Gasteiger partial charge >= 0.3 is 0 Å². The van der Waals surface area contributed by atoms with Crippen molar-refractivity contribution in [2.45, 2.75) is 32.6 Å². The standard InChI is InChI=1S/C22H28N4O3/c1-15-3-5-17(26-21(27)6-4-16-7-10-24-11-8-16)13-20(15)29-18-9-12-25-19(14-18)22(28)23-2/h3,5,9,12-14,16,24H,4,6-8,10-11H2,1-2H3,(H,23,28)(H,26,27). The molecule has 29 heavy (non-hydrogen) atoms. The first-order chi connectivity index (χ1) is 14.0. The molecule has 0 unspecified atom stereocenters. The molecule has 1 saturated heterocycles. The summed E-state index contributed by atoms with van der Waals surface area (Å²) in [6, 6.07) is 8.85. The summed E-state index contributed by atoms with van der Waals surface area (Å²) in [7, 11) is 1.55. The number of benzene rings is 1. The van der Waals surface area contributed by atoms with E-state index in [4.69, 9.17) is 4.74 Å². The molecule has 0 atom stereocenters. The second kappa shape index (κ2) is 10.0. The lowest BCUT2D eigenvalue weighted by atomic mass is 9.93. The third-order valence-electron chi connectivity index (χ3n) is 5.13. The van der Waals surface area contributed by atoms with Crippen LogP contribution in [-0.4, -0.2) is 36.9 Å². The van der Waals surface area contributed by atoms with Gasteiger partial charge in [0, 0.05) is 37.5 Å². The lowest BCUT2D eigenvalue weighted by molar-refractivity contribution is -0.116. The number of aryl methyl sites for hydroxylation is 1. The van der Waals surface area contributed by atoms with Crippen LogP contribution in [-0.2, 0) is 4.79 Å². The maximum Gasteiger partial charge on any atom is 0.269 e. The van der Waals surface area contributed by atoms with Crippen molar-refractivity contribution in [1.82, 2.24) is 15.6 Å². The normalized spacial score (nSPS) is 14.3. The Bertz CT molecular complexity index is 863. The van der Waals surface area contributed by atoms with Gasteiger partial charge in [0.05, 0.1) is 0 Å². The number of hydrogen-bond donors (Lipinski definition) is 3. The molecule has 0 aliphatic carbocycles. The molecule has 3 rings (SSSR count). The first-order valence-corrected chi connectivity index (χ1v) is 10.0. The van der Waals surface area contributed by atoms with Crippen molar-refractivity contribution < 1.29 is 14.3 Å². The van der Waals surface area contributed by atoms with Crippen LogP contribution < -0.4 is 20.7 Å². The number of nitrogens with zero attached hydrogens (tertiary/aromatic N) is 1. The first-order valence-electron chi connectivity index (χ1n) is 10.0. The van der Waals surface area contributed by atoms with Crippen LogP contribution in [0.15, 0.2) is 36.5 Å². The van der Waals surface area contributed by atoms with Gasteiger partial charge < -0.3 is 20.7 Å². The summed E-state index contributed by atoms with van der Waals surface area (Å²) in [6.07, 6.45) is 5.25. The number of nitrogens with one attached hydrogen (secondary N) is 3. The Morgan fingerprint density at radius 1 is 1.21 bits per heavy atom. The summed E-state index contributed by atoms with van der Waals surface area (Å²) >= 11 is 0. The van der Waals surface area contributed by atoms with Crippen molar-refractivity contribution in [2.75, 3.05) is 25.5 Å². The predicted octanol–water partition coefficient (Wildman–Crippen LogP) is 3.26. The van der Waals surface area contributed by atoms with Gasteiger partial charge in [-0.3, -0.25) is 14.6 Å². The van der Waals surface area contributed by atoms with Gasteiger partial charge in [-0.15, -0.1) is 0 Å². The summed E-state index contributed by atoms with van der Waals surface area (Å²) < 4.78 is 5.94. The summed E-state index contributed by atoms with van der Waals surface area (Å²) in [5, 5.41) is 8.85. The largest absolute Gasteiger partial charge is 0.457 e. The van der Waals surface area contributed by atoms with E-state index in [0.29, 0.717) is 29.5 Å². The minimum absolute atomic E-state index is 0.0177. The molecule has 7 heteroatoms. The van der Waals surface area contributed by atoms with Crippen molar-refractivity contribution in [3.8, 4) is 11.5 Å². The summed E-state index contributed by atoms with van der Waals surface area (Å²) in [4.78, 5) is 28.1. The second-order valence-corrected chi connectivity index (χ2v) is 7.32. The number of piperidine rings is 1. The summed E-state index contributed by atoms with van der Waals surface area (Å²) in [5.74, 6) is 1.50. The monoisotopic (exact) mass is 396 g/mol. The van der Waals surface area contributed by atoms with E-state index in [1.54, 1.807) is 25.2 Å². The van der Waals surface area contributed by atoms with Crippen LogP contribution >= 0.6 is 0 Å². The zero-order valence-corrected chi connectivity index (χ0v) is 17.0. The maximum atomic E-state index is 12.3. The van der Waals surface area contributed by atoms with E-state index >= 15 is 0 Å². The molecule has 3 N–H and O–H groups in total. The Kier molecular flexibility index (Phi) is 7.19. The third-order valence-corrected chi connectivity index (χ3v) is 5.13. The van der Waals surface area contributed by atoms with Gasteiger partial charge in [-0.05, 0) is 62.9 Å². The topological polar surface area (TPSA) is 92.4 Å². The predicted molar refractivity (Wildman–Crippen MR) is 112 cm³/mol. The fourth-order valence-electron chi connectivity index (χ4n) is 3.37. The van der Waals surface area contributed by atoms with Crippen LogP contribution in [0.1, 0.15) is 41.7 Å². The number of rotatable bonds is 7. The van der Waals surface area contributed by atoms with Gasteiger partial charge in [-0.1, -0.05) is 6.07 Å². The second-order valence-electron chi connectivity index (χ2n) is 7.32. The van der Waals surface area contributed by atoms with Crippen LogP contribution in [0, 0.1) is 12.8 Å². The number of aromatic nitrogens is 1. The van der Waals surface area contributed by atoms with Gasteiger partial charge in [0.25, 0.3) is 5.91 Å². The van der Waals surface area contributed by atoms with Crippen molar-refractivity contribution in [3.63, 3.8) is 0 Å². The van der Waals surface area contributed by atoms with Crippen molar-refractivity contribution in [3.05, 3.63) is 47.8 Å². The molecule has 0 bridgehead atoms. The molecule has 1 aliphatic rings. The molecule has 1 aromatic carbocycles. The average Bonchev–Trinajstić information content (AvgIpc) is 2.75. The lowest BCUT2D eigenvalue weighted by Crippen LogP contribution is -2.28. The Morgan fingerprint density at radius 2 is 2.00 bits per heavy atom. The number of ether oxygens (including phenoxy) is 1. The molecular weight excluding hydrogens is 368 g/mol. The third kappa shape index (κ3) is 6.02. The molecule has 2 aromatic rings. The quantitative estimate of drug-likeness (QED) is 0.668. The van der Waals surface area contributed by atoms with Crippen LogP contribution in [0.3, 0.4) is 0 Å². The zero-order valence-electron chi connectivity index (χ0n) is 17.0. The Labute approximate surface area is 171 Å². The minimum Gasteiger partial charge on any atom is -0.457 e. The van der Waals surface area contributed by atoms with Crippen LogP contribution in [0.25, 0.3) is 0 Å². The smallest absolute Gasteiger partial charge is 0.269 e. The molecule has 1 aliphatic heterocycles. The zero-order chi connectivity index (χ0) is 20.6. The number of pyridine rings is 1. The first kappa shape index (κ1) is 20.8. The van der Waals surface area contributed by atoms with Gasteiger partial charge in [0.1, 0.15) is 17.2 Å². The van der Waals surface area contributed by atoms with Gasteiger partial charge in [-0.25, -0.2) is 0 Å². The lowest BCUT2D eigenvalue weighted by Gasteiger charge is -2.22. The van der Waals surface area contributed by atoms with Crippen LogP contribution in [0.2, 0.25) is 0 Å². The molecule has 0 spiro atoms. The number of carbonyl (C=O) groups excluding carboxylic acids is 2. The fourth-order valence-corrected chi connectivity index (χ4v) is 3.37. The van der Waals surface area contributed by atoms with E-state index in [-0.39, 0.29) is 17.5 Å². The Morgan fingerprint density at radius 3 is 2.76 bits per heavy atom. The molecule has 154 valence electrons. The molecule has 1 fully saturated rings. The van der Waals surface area contributed by atoms with Crippen molar-refractivity contribution in [2.24, 2.45) is 5.92 Å². The van der Waals surface area contributed by atoms with Gasteiger partial charge in [0.2, 0.25) is 5.91 Å². The van der Waals surface area contributed by atoms with E-state index in [9.17, 15) is 9.59 Å². The number of hydrogen-bond acceptors (Lipinski definition) is 5. The summed E-state index contributed by atoms with van der Waals surface area (Å²) in [6.45, 7) is 4.02.